The van der Waals surface area contributed by atoms with Gasteiger partial charge in [-0.2, -0.15) is 0 Å². The number of anilines is 2. The molecule has 0 radical (unpaired) electrons. The predicted molar refractivity (Wildman–Crippen MR) is 97.0 cm³/mol. The summed E-state index contributed by atoms with van der Waals surface area (Å²) >= 11 is 0. The van der Waals surface area contributed by atoms with Crippen LogP contribution in [0.15, 0.2) is 48.5 Å². The van der Waals surface area contributed by atoms with Crippen LogP contribution in [0.25, 0.3) is 0 Å². The molecule has 2 aromatic rings. The van der Waals surface area contributed by atoms with Crippen molar-refractivity contribution >= 4 is 23.3 Å². The second kappa shape index (κ2) is 8.82. The molecule has 0 saturated carbocycles. The van der Waals surface area contributed by atoms with E-state index in [-0.39, 0.29) is 23.7 Å². The van der Waals surface area contributed by atoms with E-state index >= 15 is 0 Å². The molecule has 3 N–H and O–H groups in total. The first kappa shape index (κ1) is 18.4. The Balaban J connectivity index is 1.81. The maximum Gasteiger partial charge on any atom is 0.319 e. The minimum atomic E-state index is -0.338. The van der Waals surface area contributed by atoms with Crippen LogP contribution in [0.3, 0.4) is 0 Å². The van der Waals surface area contributed by atoms with Gasteiger partial charge in [0.25, 0.3) is 0 Å². The third-order valence-corrected chi connectivity index (χ3v) is 3.52. The van der Waals surface area contributed by atoms with E-state index in [0.29, 0.717) is 24.3 Å². The highest BCUT2D eigenvalue weighted by Crippen LogP contribution is 2.15. The van der Waals surface area contributed by atoms with Crippen LogP contribution in [0.5, 0.6) is 0 Å². The van der Waals surface area contributed by atoms with Gasteiger partial charge >= 0.3 is 6.03 Å². The van der Waals surface area contributed by atoms with Crippen LogP contribution < -0.4 is 16.0 Å². The Bertz CT molecular complexity index is 730. The summed E-state index contributed by atoms with van der Waals surface area (Å²) in [4.78, 5) is 23.6. The Morgan fingerprint density at radius 2 is 1.64 bits per heavy atom. The minimum absolute atomic E-state index is 0.0825. The number of benzene rings is 2. The van der Waals surface area contributed by atoms with E-state index in [1.165, 1.54) is 12.1 Å². The SMILES string of the molecule is CC(C)C(=O)Nc1cccc(NC(=O)NCCc2ccc(F)cc2)c1. The van der Waals surface area contributed by atoms with Crippen molar-refractivity contribution < 1.29 is 14.0 Å². The van der Waals surface area contributed by atoms with Crippen molar-refractivity contribution in [2.75, 3.05) is 17.2 Å². The molecule has 5 nitrogen and oxygen atoms in total. The molecular weight excluding hydrogens is 321 g/mol. The maximum atomic E-state index is 12.8. The van der Waals surface area contributed by atoms with Crippen LogP contribution in [0.2, 0.25) is 0 Å². The topological polar surface area (TPSA) is 70.2 Å². The fourth-order valence-electron chi connectivity index (χ4n) is 2.11. The Morgan fingerprint density at radius 1 is 1.00 bits per heavy atom. The van der Waals surface area contributed by atoms with Gasteiger partial charge in [0.2, 0.25) is 5.91 Å². The van der Waals surface area contributed by atoms with Crippen molar-refractivity contribution in [3.8, 4) is 0 Å². The minimum Gasteiger partial charge on any atom is -0.338 e. The smallest absolute Gasteiger partial charge is 0.319 e. The van der Waals surface area contributed by atoms with E-state index in [9.17, 15) is 14.0 Å². The van der Waals surface area contributed by atoms with Gasteiger partial charge in [-0.25, -0.2) is 9.18 Å². The lowest BCUT2D eigenvalue weighted by molar-refractivity contribution is -0.118. The predicted octanol–water partition coefficient (Wildman–Crippen LogP) is 3.78. The number of hydrogen-bond acceptors (Lipinski definition) is 2. The molecule has 0 aromatic heterocycles. The second-order valence-corrected chi connectivity index (χ2v) is 5.98. The van der Waals surface area contributed by atoms with Gasteiger partial charge in [0.1, 0.15) is 5.82 Å². The number of nitrogens with one attached hydrogen (secondary N) is 3. The number of amides is 3. The number of carbonyl (C=O) groups excluding carboxylic acids is 2. The summed E-state index contributed by atoms with van der Waals surface area (Å²) in [6.45, 7) is 4.05. The number of carbonyl (C=O) groups is 2. The molecular formula is C19H22FN3O2. The highest BCUT2D eigenvalue weighted by atomic mass is 19.1. The summed E-state index contributed by atoms with van der Waals surface area (Å²) in [5, 5.41) is 8.24. The van der Waals surface area contributed by atoms with Gasteiger partial charge in [-0.1, -0.05) is 32.0 Å². The summed E-state index contributed by atoms with van der Waals surface area (Å²) in [6, 6.07) is 12.8. The van der Waals surface area contributed by atoms with Crippen molar-refractivity contribution in [3.05, 3.63) is 59.9 Å². The summed E-state index contributed by atoms with van der Waals surface area (Å²) < 4.78 is 12.8. The molecule has 0 aliphatic rings. The lowest BCUT2D eigenvalue weighted by Crippen LogP contribution is -2.30. The maximum absolute atomic E-state index is 12.8. The molecule has 0 fully saturated rings. The molecule has 6 heteroatoms. The summed E-state index contributed by atoms with van der Waals surface area (Å²) in [5.41, 5.74) is 2.16. The number of hydrogen-bond donors (Lipinski definition) is 3. The van der Waals surface area contributed by atoms with E-state index in [2.05, 4.69) is 16.0 Å². The number of urea groups is 1. The van der Waals surface area contributed by atoms with Gasteiger partial charge in [-0.3, -0.25) is 4.79 Å². The highest BCUT2D eigenvalue weighted by Gasteiger charge is 2.08. The molecule has 0 saturated heterocycles. The van der Waals surface area contributed by atoms with Crippen molar-refractivity contribution in [3.63, 3.8) is 0 Å². The number of rotatable bonds is 6. The number of halogens is 1. The standard InChI is InChI=1S/C19H22FN3O2/c1-13(2)18(24)22-16-4-3-5-17(12-16)23-19(25)21-11-10-14-6-8-15(20)9-7-14/h3-9,12-13H,10-11H2,1-2H3,(H,22,24)(H2,21,23,25). The lowest BCUT2D eigenvalue weighted by Gasteiger charge is -2.11. The van der Waals surface area contributed by atoms with Gasteiger partial charge in [0.15, 0.2) is 0 Å². The Hall–Kier alpha value is -2.89. The largest absolute Gasteiger partial charge is 0.338 e. The van der Waals surface area contributed by atoms with E-state index in [1.807, 2.05) is 13.8 Å². The first-order valence-corrected chi connectivity index (χ1v) is 8.14. The van der Waals surface area contributed by atoms with Crippen LogP contribution in [-0.2, 0) is 11.2 Å². The molecule has 0 aliphatic heterocycles. The third kappa shape index (κ3) is 6.25. The van der Waals surface area contributed by atoms with Gasteiger partial charge in [0.05, 0.1) is 0 Å². The average Bonchev–Trinajstić information content (AvgIpc) is 2.57. The quantitative estimate of drug-likeness (QED) is 0.747. The zero-order chi connectivity index (χ0) is 18.2. The monoisotopic (exact) mass is 343 g/mol. The molecule has 0 bridgehead atoms. The van der Waals surface area contributed by atoms with Crippen LogP contribution in [0.4, 0.5) is 20.6 Å². The first-order chi connectivity index (χ1) is 11.9. The first-order valence-electron chi connectivity index (χ1n) is 8.14. The molecule has 3 amide bonds. The molecule has 2 aromatic carbocycles. The van der Waals surface area contributed by atoms with E-state index in [4.69, 9.17) is 0 Å². The molecule has 0 unspecified atom stereocenters. The van der Waals surface area contributed by atoms with Gasteiger partial charge in [-0.15, -0.1) is 0 Å². The summed E-state index contributed by atoms with van der Waals surface area (Å²) in [7, 11) is 0. The Morgan fingerprint density at radius 3 is 2.28 bits per heavy atom. The Labute approximate surface area is 146 Å². The highest BCUT2D eigenvalue weighted by molar-refractivity contribution is 5.94. The van der Waals surface area contributed by atoms with Gasteiger partial charge < -0.3 is 16.0 Å². The van der Waals surface area contributed by atoms with Crippen molar-refractivity contribution in [2.45, 2.75) is 20.3 Å². The van der Waals surface area contributed by atoms with Crippen LogP contribution in [0.1, 0.15) is 19.4 Å². The van der Waals surface area contributed by atoms with E-state index in [0.717, 1.165) is 5.56 Å². The lowest BCUT2D eigenvalue weighted by atomic mass is 10.1. The van der Waals surface area contributed by atoms with Crippen molar-refractivity contribution in [1.82, 2.24) is 5.32 Å². The summed E-state index contributed by atoms with van der Waals surface area (Å²) in [5.74, 6) is -0.480. The molecule has 0 spiro atoms. The molecule has 0 aliphatic carbocycles. The fraction of sp³-hybridized carbons (Fsp3) is 0.263. The summed E-state index contributed by atoms with van der Waals surface area (Å²) in [6.07, 6.45) is 0.609. The van der Waals surface area contributed by atoms with Crippen LogP contribution in [-0.4, -0.2) is 18.5 Å². The van der Waals surface area contributed by atoms with Gasteiger partial charge in [0, 0.05) is 23.8 Å². The zero-order valence-electron chi connectivity index (χ0n) is 14.3. The van der Waals surface area contributed by atoms with Crippen molar-refractivity contribution in [1.29, 1.82) is 0 Å². The van der Waals surface area contributed by atoms with Crippen molar-refractivity contribution in [2.24, 2.45) is 5.92 Å². The normalized spacial score (nSPS) is 10.4. The van der Waals surface area contributed by atoms with E-state index < -0.39 is 0 Å². The van der Waals surface area contributed by atoms with E-state index in [1.54, 1.807) is 36.4 Å². The molecule has 2 rings (SSSR count). The van der Waals surface area contributed by atoms with Crippen LogP contribution >= 0.6 is 0 Å². The fourth-order valence-corrected chi connectivity index (χ4v) is 2.11. The Kier molecular flexibility index (Phi) is 6.51. The van der Waals surface area contributed by atoms with Crippen LogP contribution in [0, 0.1) is 11.7 Å². The third-order valence-electron chi connectivity index (χ3n) is 3.52. The average molecular weight is 343 g/mol. The molecule has 25 heavy (non-hydrogen) atoms. The zero-order valence-corrected chi connectivity index (χ0v) is 14.3. The molecule has 0 atom stereocenters. The molecule has 0 heterocycles. The molecule has 132 valence electrons. The second-order valence-electron chi connectivity index (χ2n) is 5.98. The van der Waals surface area contributed by atoms with Gasteiger partial charge in [-0.05, 0) is 42.3 Å².